The van der Waals surface area contributed by atoms with Crippen LogP contribution >= 0.6 is 0 Å². The van der Waals surface area contributed by atoms with Gasteiger partial charge in [-0.3, -0.25) is 4.79 Å². The molecule has 128 valence electrons. The van der Waals surface area contributed by atoms with Crippen molar-refractivity contribution >= 4 is 5.91 Å². The molecule has 0 aliphatic rings. The van der Waals surface area contributed by atoms with Gasteiger partial charge in [-0.25, -0.2) is 4.39 Å². The minimum atomic E-state index is -0.307. The first kappa shape index (κ1) is 17.9. The third-order valence-corrected chi connectivity index (χ3v) is 3.83. The maximum Gasteiger partial charge on any atom is 0.220 e. The molecule has 0 heterocycles. The molecule has 0 saturated heterocycles. The molecule has 0 fully saturated rings. The monoisotopic (exact) mass is 331 g/mol. The van der Waals surface area contributed by atoms with Crippen molar-refractivity contribution in [3.63, 3.8) is 0 Å². The van der Waals surface area contributed by atoms with Crippen molar-refractivity contribution < 1.29 is 18.7 Å². The molecular formula is C19H22FNO3. The fraction of sp³-hybridized carbons (Fsp3) is 0.316. The fourth-order valence-electron chi connectivity index (χ4n) is 2.50. The summed E-state index contributed by atoms with van der Waals surface area (Å²) < 4.78 is 24.3. The van der Waals surface area contributed by atoms with Crippen molar-refractivity contribution in [1.82, 2.24) is 5.32 Å². The number of carbonyl (C=O) groups excluding carboxylic acids is 1. The van der Waals surface area contributed by atoms with Gasteiger partial charge >= 0.3 is 0 Å². The second-order valence-electron chi connectivity index (χ2n) is 5.36. The number of ether oxygens (including phenoxy) is 2. The molecule has 0 spiro atoms. The molecule has 0 bridgehead atoms. The van der Waals surface area contributed by atoms with Gasteiger partial charge in [-0.05, 0) is 24.1 Å². The standard InChI is InChI=1S/C19H22FNO3/c1-23-17-10-6-4-8-15(17)18(24-2)13-21-19(22)12-11-14-7-3-5-9-16(14)20/h3-10,18H,11-13H2,1-2H3,(H,21,22). The molecule has 0 aliphatic carbocycles. The molecule has 5 heteroatoms. The van der Waals surface area contributed by atoms with Crippen molar-refractivity contribution in [2.24, 2.45) is 0 Å². The smallest absolute Gasteiger partial charge is 0.220 e. The van der Waals surface area contributed by atoms with Gasteiger partial charge in [-0.1, -0.05) is 36.4 Å². The fourth-order valence-corrected chi connectivity index (χ4v) is 2.50. The maximum atomic E-state index is 13.5. The second-order valence-corrected chi connectivity index (χ2v) is 5.36. The third-order valence-electron chi connectivity index (χ3n) is 3.83. The Balaban J connectivity index is 1.89. The summed E-state index contributed by atoms with van der Waals surface area (Å²) >= 11 is 0. The van der Waals surface area contributed by atoms with Crippen molar-refractivity contribution in [1.29, 1.82) is 0 Å². The highest BCUT2D eigenvalue weighted by molar-refractivity contribution is 5.76. The predicted octanol–water partition coefficient (Wildman–Crippen LogP) is 3.27. The van der Waals surface area contributed by atoms with E-state index in [9.17, 15) is 9.18 Å². The zero-order chi connectivity index (χ0) is 17.4. The van der Waals surface area contributed by atoms with Crippen molar-refractivity contribution in [2.75, 3.05) is 20.8 Å². The average molecular weight is 331 g/mol. The molecule has 2 rings (SSSR count). The molecule has 2 aromatic carbocycles. The Morgan fingerprint density at radius 2 is 1.83 bits per heavy atom. The Morgan fingerprint density at radius 1 is 1.12 bits per heavy atom. The second kappa shape index (κ2) is 9.03. The summed E-state index contributed by atoms with van der Waals surface area (Å²) in [4.78, 5) is 12.0. The summed E-state index contributed by atoms with van der Waals surface area (Å²) in [5.74, 6) is 0.286. The lowest BCUT2D eigenvalue weighted by atomic mass is 10.1. The normalized spacial score (nSPS) is 11.8. The number of amides is 1. The van der Waals surface area contributed by atoms with Crippen LogP contribution in [0.2, 0.25) is 0 Å². The van der Waals surface area contributed by atoms with Gasteiger partial charge in [0.2, 0.25) is 5.91 Å². The SMILES string of the molecule is COc1ccccc1C(CNC(=O)CCc1ccccc1F)OC. The summed E-state index contributed by atoms with van der Waals surface area (Å²) in [6, 6.07) is 14.0. The van der Waals surface area contributed by atoms with Crippen LogP contribution in [0.15, 0.2) is 48.5 Å². The van der Waals surface area contributed by atoms with Gasteiger partial charge in [0.15, 0.2) is 0 Å². The van der Waals surface area contributed by atoms with Crippen LogP contribution < -0.4 is 10.1 Å². The van der Waals surface area contributed by atoms with Crippen LogP contribution in [0.25, 0.3) is 0 Å². The number of halogens is 1. The quantitative estimate of drug-likeness (QED) is 0.807. The van der Waals surface area contributed by atoms with E-state index in [0.717, 1.165) is 5.56 Å². The molecule has 1 unspecified atom stereocenters. The Morgan fingerprint density at radius 3 is 2.54 bits per heavy atom. The minimum absolute atomic E-state index is 0.143. The Kier molecular flexibility index (Phi) is 6.75. The van der Waals surface area contributed by atoms with Crippen LogP contribution in [0.5, 0.6) is 5.75 Å². The highest BCUT2D eigenvalue weighted by Crippen LogP contribution is 2.26. The number of hydrogen-bond donors (Lipinski definition) is 1. The topological polar surface area (TPSA) is 47.6 Å². The molecule has 1 amide bonds. The van der Waals surface area contributed by atoms with E-state index >= 15 is 0 Å². The van der Waals surface area contributed by atoms with Crippen LogP contribution in [-0.2, 0) is 16.0 Å². The van der Waals surface area contributed by atoms with Crippen molar-refractivity contribution in [3.05, 3.63) is 65.5 Å². The number of hydrogen-bond acceptors (Lipinski definition) is 3. The summed E-state index contributed by atoms with van der Waals surface area (Å²) in [6.07, 6.45) is 0.284. The zero-order valence-electron chi connectivity index (χ0n) is 13.9. The maximum absolute atomic E-state index is 13.5. The zero-order valence-corrected chi connectivity index (χ0v) is 13.9. The Hall–Kier alpha value is -2.40. The van der Waals surface area contributed by atoms with Gasteiger partial charge in [0.25, 0.3) is 0 Å². The van der Waals surface area contributed by atoms with Crippen LogP contribution in [0.1, 0.15) is 23.7 Å². The van der Waals surface area contributed by atoms with E-state index in [1.807, 2.05) is 24.3 Å². The lowest BCUT2D eigenvalue weighted by Crippen LogP contribution is -2.29. The third kappa shape index (κ3) is 4.80. The highest BCUT2D eigenvalue weighted by Gasteiger charge is 2.16. The molecular weight excluding hydrogens is 309 g/mol. The molecule has 0 aliphatic heterocycles. The van der Waals surface area contributed by atoms with E-state index in [-0.39, 0.29) is 24.2 Å². The van der Waals surface area contributed by atoms with E-state index in [1.165, 1.54) is 6.07 Å². The van der Waals surface area contributed by atoms with E-state index in [4.69, 9.17) is 9.47 Å². The Bertz CT molecular complexity index is 675. The van der Waals surface area contributed by atoms with Gasteiger partial charge in [0, 0.05) is 25.6 Å². The number of methoxy groups -OCH3 is 2. The number of benzene rings is 2. The van der Waals surface area contributed by atoms with E-state index in [2.05, 4.69) is 5.32 Å². The van der Waals surface area contributed by atoms with Crippen LogP contribution in [0.3, 0.4) is 0 Å². The summed E-state index contributed by atoms with van der Waals surface area (Å²) in [7, 11) is 3.18. The van der Waals surface area contributed by atoms with Gasteiger partial charge in [-0.15, -0.1) is 0 Å². The molecule has 0 aromatic heterocycles. The first-order chi connectivity index (χ1) is 11.7. The lowest BCUT2D eigenvalue weighted by Gasteiger charge is -2.19. The number of para-hydroxylation sites is 1. The first-order valence-electron chi connectivity index (χ1n) is 7.81. The van der Waals surface area contributed by atoms with Crippen LogP contribution in [-0.4, -0.2) is 26.7 Å². The van der Waals surface area contributed by atoms with Gasteiger partial charge in [-0.2, -0.15) is 0 Å². The molecule has 0 radical (unpaired) electrons. The summed E-state index contributed by atoms with van der Waals surface area (Å²) in [5.41, 5.74) is 1.41. The highest BCUT2D eigenvalue weighted by atomic mass is 19.1. The molecule has 2 aromatic rings. The number of aryl methyl sites for hydroxylation is 1. The van der Waals surface area contributed by atoms with E-state index in [1.54, 1.807) is 32.4 Å². The Labute approximate surface area is 141 Å². The van der Waals surface area contributed by atoms with E-state index < -0.39 is 0 Å². The largest absolute Gasteiger partial charge is 0.496 e. The van der Waals surface area contributed by atoms with Crippen molar-refractivity contribution in [3.8, 4) is 5.75 Å². The van der Waals surface area contributed by atoms with Crippen LogP contribution in [0, 0.1) is 5.82 Å². The van der Waals surface area contributed by atoms with Crippen molar-refractivity contribution in [2.45, 2.75) is 18.9 Å². The lowest BCUT2D eigenvalue weighted by molar-refractivity contribution is -0.121. The number of rotatable bonds is 8. The summed E-state index contributed by atoms with van der Waals surface area (Å²) in [6.45, 7) is 0.326. The van der Waals surface area contributed by atoms with Gasteiger partial charge in [0.1, 0.15) is 17.7 Å². The number of carbonyl (C=O) groups is 1. The van der Waals surface area contributed by atoms with Gasteiger partial charge < -0.3 is 14.8 Å². The van der Waals surface area contributed by atoms with Crippen LogP contribution in [0.4, 0.5) is 4.39 Å². The first-order valence-corrected chi connectivity index (χ1v) is 7.81. The van der Waals surface area contributed by atoms with Gasteiger partial charge in [0.05, 0.1) is 7.11 Å². The average Bonchev–Trinajstić information content (AvgIpc) is 2.62. The van der Waals surface area contributed by atoms with E-state index in [0.29, 0.717) is 24.3 Å². The summed E-state index contributed by atoms with van der Waals surface area (Å²) in [5, 5.41) is 2.83. The predicted molar refractivity (Wildman–Crippen MR) is 90.5 cm³/mol. The molecule has 0 saturated carbocycles. The molecule has 24 heavy (non-hydrogen) atoms. The number of nitrogens with one attached hydrogen (secondary N) is 1. The molecule has 1 atom stereocenters. The molecule has 1 N–H and O–H groups in total. The minimum Gasteiger partial charge on any atom is -0.496 e. The molecule has 4 nitrogen and oxygen atoms in total.